The van der Waals surface area contributed by atoms with Gasteiger partial charge >= 0.3 is 0 Å². The second kappa shape index (κ2) is 8.32. The summed E-state index contributed by atoms with van der Waals surface area (Å²) in [6, 6.07) is 16.2. The van der Waals surface area contributed by atoms with Crippen LogP contribution in [0.1, 0.15) is 6.42 Å². The molecular formula is C16H18FN3S. The predicted octanol–water partition coefficient (Wildman–Crippen LogP) is 3.73. The molecule has 0 fully saturated rings. The Morgan fingerprint density at radius 1 is 1.10 bits per heavy atom. The molecule has 0 aliphatic heterocycles. The third kappa shape index (κ3) is 5.87. The van der Waals surface area contributed by atoms with E-state index >= 15 is 0 Å². The highest BCUT2D eigenvalue weighted by Crippen LogP contribution is 2.18. The van der Waals surface area contributed by atoms with Crippen LogP contribution in [0.3, 0.4) is 0 Å². The monoisotopic (exact) mass is 303 g/mol. The molecule has 3 nitrogen and oxygen atoms in total. The van der Waals surface area contributed by atoms with E-state index in [1.165, 1.54) is 12.1 Å². The van der Waals surface area contributed by atoms with Crippen molar-refractivity contribution in [3.63, 3.8) is 0 Å². The summed E-state index contributed by atoms with van der Waals surface area (Å²) in [5.41, 5.74) is 6.74. The molecule has 0 aromatic heterocycles. The Morgan fingerprint density at radius 3 is 2.52 bits per heavy atom. The number of halogens is 1. The van der Waals surface area contributed by atoms with Gasteiger partial charge in [-0.3, -0.25) is 4.99 Å². The lowest BCUT2D eigenvalue weighted by atomic mass is 10.3. The highest BCUT2D eigenvalue weighted by Gasteiger charge is 1.96. The van der Waals surface area contributed by atoms with Crippen molar-refractivity contribution in [2.24, 2.45) is 10.7 Å². The Balaban J connectivity index is 1.66. The predicted molar refractivity (Wildman–Crippen MR) is 88.3 cm³/mol. The molecule has 0 radical (unpaired) electrons. The molecule has 2 rings (SSSR count). The highest BCUT2D eigenvalue weighted by atomic mass is 32.2. The number of guanidine groups is 1. The summed E-state index contributed by atoms with van der Waals surface area (Å²) in [4.78, 5) is 5.34. The third-order valence-electron chi connectivity index (χ3n) is 2.71. The first kappa shape index (κ1) is 15.4. The smallest absolute Gasteiger partial charge is 0.193 e. The average molecular weight is 303 g/mol. The van der Waals surface area contributed by atoms with Crippen LogP contribution in [-0.4, -0.2) is 18.3 Å². The van der Waals surface area contributed by atoms with Crippen LogP contribution < -0.4 is 11.1 Å². The van der Waals surface area contributed by atoms with Crippen molar-refractivity contribution in [3.8, 4) is 0 Å². The number of hydrogen-bond acceptors (Lipinski definition) is 2. The molecule has 0 saturated carbocycles. The molecular weight excluding hydrogens is 285 g/mol. The van der Waals surface area contributed by atoms with E-state index < -0.39 is 0 Å². The molecule has 5 heteroatoms. The Morgan fingerprint density at radius 2 is 1.81 bits per heavy atom. The van der Waals surface area contributed by atoms with Crippen molar-refractivity contribution in [2.45, 2.75) is 11.3 Å². The SMILES string of the molecule is NC(=NCCCSc1ccc(F)cc1)Nc1ccccc1. The van der Waals surface area contributed by atoms with Gasteiger partial charge in [-0.05, 0) is 48.6 Å². The number of hydrogen-bond donors (Lipinski definition) is 2. The van der Waals surface area contributed by atoms with Gasteiger partial charge in [0.25, 0.3) is 0 Å². The molecule has 0 bridgehead atoms. The third-order valence-corrected chi connectivity index (χ3v) is 3.81. The second-order valence-electron chi connectivity index (χ2n) is 4.41. The van der Waals surface area contributed by atoms with Gasteiger partial charge in [0, 0.05) is 17.1 Å². The van der Waals surface area contributed by atoms with Crippen molar-refractivity contribution >= 4 is 23.4 Å². The number of nitrogens with one attached hydrogen (secondary N) is 1. The van der Waals surface area contributed by atoms with Crippen LogP contribution in [0, 0.1) is 5.82 Å². The number of benzene rings is 2. The fraction of sp³-hybridized carbons (Fsp3) is 0.188. The minimum Gasteiger partial charge on any atom is -0.370 e. The number of anilines is 1. The molecule has 3 N–H and O–H groups in total. The summed E-state index contributed by atoms with van der Waals surface area (Å²) in [5.74, 6) is 1.14. The van der Waals surface area contributed by atoms with Gasteiger partial charge in [0.2, 0.25) is 0 Å². The van der Waals surface area contributed by atoms with Gasteiger partial charge in [-0.25, -0.2) is 4.39 Å². The summed E-state index contributed by atoms with van der Waals surface area (Å²) < 4.78 is 12.7. The number of aliphatic imine (C=N–C) groups is 1. The number of para-hydroxylation sites is 1. The Hall–Kier alpha value is -2.01. The van der Waals surface area contributed by atoms with Crippen LogP contribution in [0.2, 0.25) is 0 Å². The van der Waals surface area contributed by atoms with Crippen LogP contribution in [0.25, 0.3) is 0 Å². The highest BCUT2D eigenvalue weighted by molar-refractivity contribution is 7.99. The molecule has 0 aliphatic rings. The van der Waals surface area contributed by atoms with E-state index in [1.807, 2.05) is 30.3 Å². The number of nitrogens with zero attached hydrogens (tertiary/aromatic N) is 1. The zero-order valence-corrected chi connectivity index (χ0v) is 12.4. The number of nitrogens with two attached hydrogens (primary N) is 1. The van der Waals surface area contributed by atoms with Crippen molar-refractivity contribution in [1.82, 2.24) is 0 Å². The average Bonchev–Trinajstić information content (AvgIpc) is 2.50. The Labute approximate surface area is 128 Å². The summed E-state index contributed by atoms with van der Waals surface area (Å²) in [7, 11) is 0. The van der Waals surface area contributed by atoms with Crippen LogP contribution in [0.15, 0.2) is 64.5 Å². The second-order valence-corrected chi connectivity index (χ2v) is 5.58. The summed E-state index contributed by atoms with van der Waals surface area (Å²) in [6.45, 7) is 0.667. The molecule has 0 atom stereocenters. The maximum Gasteiger partial charge on any atom is 0.193 e. The quantitative estimate of drug-likeness (QED) is 0.370. The zero-order chi connectivity index (χ0) is 14.9. The summed E-state index contributed by atoms with van der Waals surface area (Å²) in [6.07, 6.45) is 0.916. The number of rotatable bonds is 6. The Kier molecular flexibility index (Phi) is 6.09. The van der Waals surface area contributed by atoms with Crippen molar-refractivity contribution < 1.29 is 4.39 Å². The lowest BCUT2D eigenvalue weighted by molar-refractivity contribution is 0.626. The standard InChI is InChI=1S/C16H18FN3S/c17-13-7-9-15(10-8-13)21-12-4-11-19-16(18)20-14-5-2-1-3-6-14/h1-3,5-10H,4,11-12H2,(H3,18,19,20). The molecule has 0 aliphatic carbocycles. The van der Waals surface area contributed by atoms with Crippen LogP contribution in [0.5, 0.6) is 0 Å². The fourth-order valence-corrected chi connectivity index (χ4v) is 2.53. The van der Waals surface area contributed by atoms with E-state index in [0.29, 0.717) is 12.5 Å². The van der Waals surface area contributed by atoms with Crippen molar-refractivity contribution in [2.75, 3.05) is 17.6 Å². The van der Waals surface area contributed by atoms with Gasteiger partial charge in [0.1, 0.15) is 5.82 Å². The van der Waals surface area contributed by atoms with Gasteiger partial charge < -0.3 is 11.1 Å². The molecule has 0 unspecified atom stereocenters. The maximum absolute atomic E-state index is 12.7. The first-order chi connectivity index (χ1) is 10.2. The normalized spacial score (nSPS) is 11.4. The van der Waals surface area contributed by atoms with Crippen LogP contribution in [0.4, 0.5) is 10.1 Å². The lowest BCUT2D eigenvalue weighted by Crippen LogP contribution is -2.22. The first-order valence-electron chi connectivity index (χ1n) is 6.74. The largest absolute Gasteiger partial charge is 0.370 e. The molecule has 0 spiro atoms. The molecule has 0 heterocycles. The summed E-state index contributed by atoms with van der Waals surface area (Å²) >= 11 is 1.69. The topological polar surface area (TPSA) is 50.4 Å². The van der Waals surface area contributed by atoms with Crippen molar-refractivity contribution in [1.29, 1.82) is 0 Å². The minimum absolute atomic E-state index is 0.205. The van der Waals surface area contributed by atoms with E-state index in [9.17, 15) is 4.39 Å². The minimum atomic E-state index is -0.205. The lowest BCUT2D eigenvalue weighted by Gasteiger charge is -2.05. The van der Waals surface area contributed by atoms with E-state index in [2.05, 4.69) is 10.3 Å². The van der Waals surface area contributed by atoms with Gasteiger partial charge in [-0.2, -0.15) is 0 Å². The molecule has 110 valence electrons. The van der Waals surface area contributed by atoms with E-state index in [0.717, 1.165) is 22.8 Å². The van der Waals surface area contributed by atoms with Crippen molar-refractivity contribution in [3.05, 3.63) is 60.4 Å². The Bertz CT molecular complexity index is 570. The van der Waals surface area contributed by atoms with Gasteiger partial charge in [-0.15, -0.1) is 11.8 Å². The van der Waals surface area contributed by atoms with E-state index in [1.54, 1.807) is 23.9 Å². The molecule has 2 aromatic carbocycles. The molecule has 0 amide bonds. The number of thioether (sulfide) groups is 1. The molecule has 2 aromatic rings. The van der Waals surface area contributed by atoms with E-state index in [4.69, 9.17) is 5.73 Å². The summed E-state index contributed by atoms with van der Waals surface area (Å²) in [5, 5.41) is 3.04. The van der Waals surface area contributed by atoms with Crippen LogP contribution >= 0.6 is 11.8 Å². The maximum atomic E-state index is 12.7. The zero-order valence-electron chi connectivity index (χ0n) is 11.6. The van der Waals surface area contributed by atoms with E-state index in [-0.39, 0.29) is 5.82 Å². The van der Waals surface area contributed by atoms with Gasteiger partial charge in [0.05, 0.1) is 0 Å². The van der Waals surface area contributed by atoms with Gasteiger partial charge in [0.15, 0.2) is 5.96 Å². The fourth-order valence-electron chi connectivity index (χ4n) is 1.69. The first-order valence-corrected chi connectivity index (χ1v) is 7.73. The van der Waals surface area contributed by atoms with Crippen LogP contribution in [-0.2, 0) is 0 Å². The van der Waals surface area contributed by atoms with Gasteiger partial charge in [-0.1, -0.05) is 18.2 Å². The molecule has 21 heavy (non-hydrogen) atoms. The molecule has 0 saturated heterocycles.